The maximum atomic E-state index is 11.6. The minimum atomic E-state index is -1.03. The lowest BCUT2D eigenvalue weighted by Gasteiger charge is -2.11. The summed E-state index contributed by atoms with van der Waals surface area (Å²) in [6, 6.07) is -0.842. The number of hydrogen-bond acceptors (Lipinski definition) is 5. The maximum Gasteiger partial charge on any atom is 0.326 e. The molecule has 106 valence electrons. The van der Waals surface area contributed by atoms with Gasteiger partial charge in [0, 0.05) is 19.3 Å². The number of nitrogens with one attached hydrogen (secondary N) is 1. The molecule has 0 aliphatic carbocycles. The number of hydrogen-bond donors (Lipinski definition) is 2. The van der Waals surface area contributed by atoms with Crippen LogP contribution in [-0.2, 0) is 22.4 Å². The summed E-state index contributed by atoms with van der Waals surface area (Å²) in [5.41, 5.74) is 0. The predicted octanol–water partition coefficient (Wildman–Crippen LogP) is 0.934. The van der Waals surface area contributed by atoms with Crippen molar-refractivity contribution in [2.45, 2.75) is 52.0 Å². The largest absolute Gasteiger partial charge is 0.480 e. The number of rotatable bonds is 8. The lowest BCUT2D eigenvalue weighted by Crippen LogP contribution is -2.40. The van der Waals surface area contributed by atoms with Crippen LogP contribution in [0, 0.1) is 0 Å². The van der Waals surface area contributed by atoms with Crippen LogP contribution in [0.25, 0.3) is 0 Å². The maximum absolute atomic E-state index is 11.6. The number of carbonyl (C=O) groups is 2. The monoisotopic (exact) mass is 269 g/mol. The number of carboxylic acid groups (broad SMARTS) is 1. The Hall–Kier alpha value is -1.92. The number of amides is 1. The molecule has 1 amide bonds. The number of nitrogens with zero attached hydrogens (tertiary/aromatic N) is 2. The highest BCUT2D eigenvalue weighted by Crippen LogP contribution is 2.03. The quantitative estimate of drug-likeness (QED) is 0.727. The molecule has 1 atom stereocenters. The molecule has 1 heterocycles. The highest BCUT2D eigenvalue weighted by Gasteiger charge is 2.17. The fraction of sp³-hybridized carbons (Fsp3) is 0.667. The van der Waals surface area contributed by atoms with Crippen LogP contribution < -0.4 is 5.32 Å². The van der Waals surface area contributed by atoms with E-state index < -0.39 is 12.0 Å². The van der Waals surface area contributed by atoms with Gasteiger partial charge in [0.25, 0.3) is 0 Å². The molecule has 7 nitrogen and oxygen atoms in total. The van der Waals surface area contributed by atoms with Gasteiger partial charge >= 0.3 is 5.97 Å². The predicted molar refractivity (Wildman–Crippen MR) is 66.5 cm³/mol. The van der Waals surface area contributed by atoms with Gasteiger partial charge < -0.3 is 14.9 Å². The molecule has 0 saturated heterocycles. The van der Waals surface area contributed by atoms with E-state index in [0.717, 1.165) is 12.8 Å². The van der Waals surface area contributed by atoms with Crippen LogP contribution >= 0.6 is 0 Å². The average molecular weight is 269 g/mol. The molecule has 0 aliphatic rings. The van der Waals surface area contributed by atoms with E-state index in [1.807, 2.05) is 6.92 Å². The third-order valence-electron chi connectivity index (χ3n) is 2.59. The van der Waals surface area contributed by atoms with E-state index >= 15 is 0 Å². The molecule has 1 rings (SSSR count). The SMILES string of the molecule is CCCc1noc(CCC(=O)NC(CC)C(=O)O)n1. The zero-order chi connectivity index (χ0) is 14.3. The summed E-state index contributed by atoms with van der Waals surface area (Å²) in [6.45, 7) is 3.72. The zero-order valence-electron chi connectivity index (χ0n) is 11.2. The second-order valence-corrected chi connectivity index (χ2v) is 4.22. The fourth-order valence-corrected chi connectivity index (χ4v) is 1.54. The Morgan fingerprint density at radius 3 is 2.68 bits per heavy atom. The molecule has 19 heavy (non-hydrogen) atoms. The first kappa shape index (κ1) is 15.1. The summed E-state index contributed by atoms with van der Waals surface area (Å²) in [4.78, 5) is 26.5. The molecule has 0 radical (unpaired) electrons. The van der Waals surface area contributed by atoms with Crippen molar-refractivity contribution in [2.24, 2.45) is 0 Å². The topological polar surface area (TPSA) is 105 Å². The van der Waals surface area contributed by atoms with Crippen molar-refractivity contribution < 1.29 is 19.2 Å². The van der Waals surface area contributed by atoms with Crippen molar-refractivity contribution >= 4 is 11.9 Å². The molecule has 0 saturated carbocycles. The third kappa shape index (κ3) is 5.07. The van der Waals surface area contributed by atoms with E-state index in [-0.39, 0.29) is 12.3 Å². The van der Waals surface area contributed by atoms with Gasteiger partial charge in [0.1, 0.15) is 6.04 Å². The smallest absolute Gasteiger partial charge is 0.326 e. The second-order valence-electron chi connectivity index (χ2n) is 4.22. The summed E-state index contributed by atoms with van der Waals surface area (Å²) in [6.07, 6.45) is 2.47. The molecular formula is C12H19N3O4. The highest BCUT2D eigenvalue weighted by molar-refractivity contribution is 5.83. The molecule has 2 N–H and O–H groups in total. The van der Waals surface area contributed by atoms with Gasteiger partial charge in [-0.2, -0.15) is 4.98 Å². The normalized spacial score (nSPS) is 12.1. The Balaban J connectivity index is 2.38. The number of aliphatic carboxylic acids is 1. The van der Waals surface area contributed by atoms with Crippen molar-refractivity contribution in [1.29, 1.82) is 0 Å². The molecule has 1 unspecified atom stereocenters. The van der Waals surface area contributed by atoms with Crippen LogP contribution in [0.2, 0.25) is 0 Å². The first-order valence-corrected chi connectivity index (χ1v) is 6.40. The molecule has 0 bridgehead atoms. The summed E-state index contributed by atoms with van der Waals surface area (Å²) >= 11 is 0. The molecule has 0 spiro atoms. The lowest BCUT2D eigenvalue weighted by atomic mass is 10.2. The van der Waals surface area contributed by atoms with E-state index in [1.54, 1.807) is 6.92 Å². The molecular weight excluding hydrogens is 250 g/mol. The standard InChI is InChI=1S/C12H19N3O4/c1-3-5-9-14-11(19-15-9)7-6-10(16)13-8(4-2)12(17)18/h8H,3-7H2,1-2H3,(H,13,16)(H,17,18). The Morgan fingerprint density at radius 1 is 1.37 bits per heavy atom. The Labute approximate surface area is 111 Å². The summed E-state index contributed by atoms with van der Waals surface area (Å²) < 4.78 is 4.99. The van der Waals surface area contributed by atoms with Crippen LogP contribution in [-0.4, -0.2) is 33.2 Å². The Morgan fingerprint density at radius 2 is 2.11 bits per heavy atom. The first-order valence-electron chi connectivity index (χ1n) is 6.40. The first-order chi connectivity index (χ1) is 9.06. The third-order valence-corrected chi connectivity index (χ3v) is 2.59. The zero-order valence-corrected chi connectivity index (χ0v) is 11.2. The van der Waals surface area contributed by atoms with Gasteiger partial charge in [-0.3, -0.25) is 4.79 Å². The van der Waals surface area contributed by atoms with Crippen LogP contribution in [0.15, 0.2) is 4.52 Å². The van der Waals surface area contributed by atoms with Gasteiger partial charge in [-0.05, 0) is 12.8 Å². The van der Waals surface area contributed by atoms with E-state index in [4.69, 9.17) is 9.63 Å². The van der Waals surface area contributed by atoms with E-state index in [0.29, 0.717) is 24.6 Å². The second kappa shape index (κ2) is 7.50. The van der Waals surface area contributed by atoms with Crippen molar-refractivity contribution in [3.63, 3.8) is 0 Å². The Bertz CT molecular complexity index is 430. The number of carbonyl (C=O) groups excluding carboxylic acids is 1. The van der Waals surface area contributed by atoms with Gasteiger partial charge in [-0.15, -0.1) is 0 Å². The van der Waals surface area contributed by atoms with Crippen molar-refractivity contribution in [3.05, 3.63) is 11.7 Å². The van der Waals surface area contributed by atoms with Crippen LogP contribution in [0.5, 0.6) is 0 Å². The van der Waals surface area contributed by atoms with E-state index in [9.17, 15) is 9.59 Å². The Kier molecular flexibility index (Phi) is 5.98. The molecule has 0 aliphatic heterocycles. The van der Waals surface area contributed by atoms with Gasteiger partial charge in [-0.1, -0.05) is 19.0 Å². The highest BCUT2D eigenvalue weighted by atomic mass is 16.5. The number of aryl methyl sites for hydroxylation is 2. The number of carboxylic acids is 1. The molecule has 1 aromatic rings. The summed E-state index contributed by atoms with van der Waals surface area (Å²) in [7, 11) is 0. The van der Waals surface area contributed by atoms with Crippen LogP contribution in [0.4, 0.5) is 0 Å². The van der Waals surface area contributed by atoms with Crippen molar-refractivity contribution in [2.75, 3.05) is 0 Å². The van der Waals surface area contributed by atoms with Crippen LogP contribution in [0.1, 0.15) is 44.8 Å². The van der Waals surface area contributed by atoms with Gasteiger partial charge in [0.2, 0.25) is 11.8 Å². The van der Waals surface area contributed by atoms with Crippen molar-refractivity contribution in [1.82, 2.24) is 15.5 Å². The van der Waals surface area contributed by atoms with Gasteiger partial charge in [0.05, 0.1) is 0 Å². The van der Waals surface area contributed by atoms with Gasteiger partial charge in [-0.25, -0.2) is 4.79 Å². The lowest BCUT2D eigenvalue weighted by molar-refractivity contribution is -0.141. The minimum absolute atomic E-state index is 0.136. The van der Waals surface area contributed by atoms with Gasteiger partial charge in [0.15, 0.2) is 5.82 Å². The van der Waals surface area contributed by atoms with Crippen molar-refractivity contribution in [3.8, 4) is 0 Å². The minimum Gasteiger partial charge on any atom is -0.480 e. The molecule has 0 aromatic carbocycles. The number of aromatic nitrogens is 2. The summed E-state index contributed by atoms with van der Waals surface area (Å²) in [5, 5.41) is 15.0. The molecule has 7 heteroatoms. The molecule has 0 fully saturated rings. The van der Waals surface area contributed by atoms with Crippen LogP contribution in [0.3, 0.4) is 0 Å². The summed E-state index contributed by atoms with van der Waals surface area (Å²) in [5.74, 6) is -0.319. The fourth-order valence-electron chi connectivity index (χ4n) is 1.54. The average Bonchev–Trinajstić information content (AvgIpc) is 2.81. The van der Waals surface area contributed by atoms with E-state index in [1.165, 1.54) is 0 Å². The molecule has 1 aromatic heterocycles. The van der Waals surface area contributed by atoms with E-state index in [2.05, 4.69) is 15.5 Å².